The van der Waals surface area contributed by atoms with E-state index in [1.165, 1.54) is 26.2 Å². The number of sulfonamides is 1. The largest absolute Gasteiger partial charge is 0.454 e. The van der Waals surface area contributed by atoms with Crippen LogP contribution in [0.25, 0.3) is 11.1 Å². The molecule has 0 spiro atoms. The number of rotatable bonds is 7. The zero-order chi connectivity index (χ0) is 25.0. The summed E-state index contributed by atoms with van der Waals surface area (Å²) in [5, 5.41) is 0. The third kappa shape index (κ3) is 4.10. The maximum Gasteiger partial charge on any atom is 0.242 e. The molecule has 3 aromatic carbocycles. The van der Waals surface area contributed by atoms with Crippen LogP contribution >= 0.6 is 0 Å². The Labute approximate surface area is 204 Å². The molecule has 3 aromatic rings. The topological polar surface area (TPSA) is 72.9 Å². The maximum absolute atomic E-state index is 15.0. The van der Waals surface area contributed by atoms with Crippen LogP contribution in [0, 0.1) is 12.7 Å². The molecule has 35 heavy (non-hydrogen) atoms. The fourth-order valence-electron chi connectivity index (χ4n) is 4.59. The SMILES string of the molecule is Cc1cc(F)c(CC(=O)C2(c3ccc4c(c3)OCO4)CC2)cc1-c1cccc(S(=O)(=O)N(C)C)c1. The van der Waals surface area contributed by atoms with Crippen molar-refractivity contribution >= 4 is 15.8 Å². The number of ketones is 1. The summed E-state index contributed by atoms with van der Waals surface area (Å²) in [7, 11) is -0.668. The molecule has 0 amide bonds. The molecule has 182 valence electrons. The average Bonchev–Trinajstić information content (AvgIpc) is 3.51. The molecule has 0 aromatic heterocycles. The standard InChI is InChI=1S/C27H26FNO5S/c1-17-11-23(28)19(13-22(17)18-5-4-6-21(12-18)35(31,32)29(2)3)14-26(30)27(9-10-27)20-7-8-24-25(15-20)34-16-33-24/h4-8,11-13,15H,9-10,14,16H2,1-3H3. The zero-order valence-corrected chi connectivity index (χ0v) is 20.6. The van der Waals surface area contributed by atoms with Crippen molar-refractivity contribution in [2.45, 2.75) is 36.5 Å². The van der Waals surface area contributed by atoms with Crippen LogP contribution in [-0.4, -0.2) is 39.4 Å². The number of nitrogens with zero attached hydrogens (tertiary/aromatic N) is 1. The van der Waals surface area contributed by atoms with Gasteiger partial charge in [0.1, 0.15) is 11.6 Å². The van der Waals surface area contributed by atoms with Gasteiger partial charge in [0, 0.05) is 20.5 Å². The minimum Gasteiger partial charge on any atom is -0.454 e. The minimum atomic E-state index is -3.62. The van der Waals surface area contributed by atoms with E-state index >= 15 is 0 Å². The summed E-state index contributed by atoms with van der Waals surface area (Å²) < 4.78 is 52.2. The number of Topliss-reactive ketones (excluding diaryl/α,β-unsaturated/α-hetero) is 1. The third-order valence-electron chi connectivity index (χ3n) is 6.88. The summed E-state index contributed by atoms with van der Waals surface area (Å²) in [5.41, 5.74) is 2.52. The van der Waals surface area contributed by atoms with Gasteiger partial charge in [0.2, 0.25) is 16.8 Å². The predicted molar refractivity (Wildman–Crippen MR) is 130 cm³/mol. The van der Waals surface area contributed by atoms with E-state index in [0.717, 1.165) is 9.87 Å². The second-order valence-corrected chi connectivity index (χ2v) is 11.5. The lowest BCUT2D eigenvalue weighted by Gasteiger charge is -2.17. The van der Waals surface area contributed by atoms with Crippen molar-refractivity contribution in [3.8, 4) is 22.6 Å². The molecular weight excluding hydrogens is 469 g/mol. The minimum absolute atomic E-state index is 0.0472. The quantitative estimate of drug-likeness (QED) is 0.478. The molecule has 0 unspecified atom stereocenters. The molecule has 1 aliphatic heterocycles. The summed E-state index contributed by atoms with van der Waals surface area (Å²) in [6.45, 7) is 1.93. The number of hydrogen-bond donors (Lipinski definition) is 0. The first-order chi connectivity index (χ1) is 16.6. The summed E-state index contributed by atoms with van der Waals surface area (Å²) >= 11 is 0. The molecule has 6 nitrogen and oxygen atoms in total. The van der Waals surface area contributed by atoms with Gasteiger partial charge in [-0.25, -0.2) is 17.1 Å². The van der Waals surface area contributed by atoms with Crippen molar-refractivity contribution in [3.63, 3.8) is 0 Å². The third-order valence-corrected chi connectivity index (χ3v) is 8.69. The maximum atomic E-state index is 15.0. The average molecular weight is 496 g/mol. The van der Waals surface area contributed by atoms with Crippen LogP contribution < -0.4 is 9.47 Å². The molecule has 1 fully saturated rings. The van der Waals surface area contributed by atoms with E-state index in [9.17, 15) is 17.6 Å². The van der Waals surface area contributed by atoms with Gasteiger partial charge in [0.15, 0.2) is 11.5 Å². The number of hydrogen-bond acceptors (Lipinski definition) is 5. The molecule has 0 atom stereocenters. The number of carbonyl (C=O) groups excluding carboxylic acids is 1. The van der Waals surface area contributed by atoms with E-state index in [1.807, 2.05) is 18.2 Å². The monoisotopic (exact) mass is 495 g/mol. The van der Waals surface area contributed by atoms with E-state index in [0.29, 0.717) is 46.6 Å². The Morgan fingerprint density at radius 1 is 1.03 bits per heavy atom. The first-order valence-electron chi connectivity index (χ1n) is 11.4. The summed E-state index contributed by atoms with van der Waals surface area (Å²) in [6.07, 6.45) is 1.36. The second-order valence-electron chi connectivity index (χ2n) is 9.32. The van der Waals surface area contributed by atoms with Crippen LogP contribution in [0.3, 0.4) is 0 Å². The van der Waals surface area contributed by atoms with Crippen molar-refractivity contribution in [2.75, 3.05) is 20.9 Å². The van der Waals surface area contributed by atoms with Crippen LogP contribution in [-0.2, 0) is 26.7 Å². The van der Waals surface area contributed by atoms with E-state index in [4.69, 9.17) is 9.47 Å². The van der Waals surface area contributed by atoms with Gasteiger partial charge in [-0.3, -0.25) is 4.79 Å². The Morgan fingerprint density at radius 3 is 2.49 bits per heavy atom. The van der Waals surface area contributed by atoms with Gasteiger partial charge < -0.3 is 9.47 Å². The molecule has 0 saturated heterocycles. The molecule has 8 heteroatoms. The van der Waals surface area contributed by atoms with Crippen LogP contribution in [0.1, 0.15) is 29.5 Å². The highest BCUT2D eigenvalue weighted by Gasteiger charge is 2.51. The lowest BCUT2D eigenvalue weighted by atomic mass is 9.86. The molecule has 5 rings (SSSR count). The fourth-order valence-corrected chi connectivity index (χ4v) is 5.54. The Kier molecular flexibility index (Phi) is 5.68. The second kappa shape index (κ2) is 8.46. The zero-order valence-electron chi connectivity index (χ0n) is 19.8. The van der Waals surface area contributed by atoms with Gasteiger partial charge >= 0.3 is 0 Å². The number of aryl methyl sites for hydroxylation is 1. The molecular formula is C27H26FNO5S. The molecule has 1 saturated carbocycles. The Hall–Kier alpha value is -3.23. The van der Waals surface area contributed by atoms with Crippen LogP contribution in [0.2, 0.25) is 0 Å². The Balaban J connectivity index is 1.46. The van der Waals surface area contributed by atoms with Crippen molar-refractivity contribution in [1.29, 1.82) is 0 Å². The van der Waals surface area contributed by atoms with Crippen molar-refractivity contribution in [3.05, 3.63) is 77.1 Å². The van der Waals surface area contributed by atoms with Gasteiger partial charge in [-0.1, -0.05) is 18.2 Å². The van der Waals surface area contributed by atoms with Gasteiger partial charge in [-0.2, -0.15) is 0 Å². The number of fused-ring (bicyclic) bond motifs is 1. The molecule has 1 heterocycles. The van der Waals surface area contributed by atoms with E-state index in [-0.39, 0.29) is 23.9 Å². The highest BCUT2D eigenvalue weighted by atomic mass is 32.2. The summed E-state index contributed by atoms with van der Waals surface area (Å²) in [6, 6.07) is 15.2. The van der Waals surface area contributed by atoms with Gasteiger partial charge in [0.05, 0.1) is 10.3 Å². The van der Waals surface area contributed by atoms with Gasteiger partial charge in [-0.05, 0) is 84.0 Å². The first-order valence-corrected chi connectivity index (χ1v) is 12.8. The smallest absolute Gasteiger partial charge is 0.242 e. The number of benzene rings is 3. The number of ether oxygens (including phenoxy) is 2. The highest BCUT2D eigenvalue weighted by Crippen LogP contribution is 2.51. The van der Waals surface area contributed by atoms with Crippen molar-refractivity contribution in [1.82, 2.24) is 4.31 Å². The highest BCUT2D eigenvalue weighted by molar-refractivity contribution is 7.89. The molecule has 0 N–H and O–H groups in total. The van der Waals surface area contributed by atoms with E-state index < -0.39 is 21.3 Å². The van der Waals surface area contributed by atoms with Crippen LogP contribution in [0.15, 0.2) is 59.5 Å². The Morgan fingerprint density at radius 2 is 1.77 bits per heavy atom. The number of carbonyl (C=O) groups is 1. The normalized spacial score (nSPS) is 15.9. The lowest BCUT2D eigenvalue weighted by molar-refractivity contribution is -0.120. The fraction of sp³-hybridized carbons (Fsp3) is 0.296. The van der Waals surface area contributed by atoms with E-state index in [2.05, 4.69) is 0 Å². The summed E-state index contributed by atoms with van der Waals surface area (Å²) in [4.78, 5) is 13.6. The van der Waals surface area contributed by atoms with Crippen molar-refractivity contribution < 1.29 is 27.1 Å². The van der Waals surface area contributed by atoms with Gasteiger partial charge in [-0.15, -0.1) is 0 Å². The molecule has 1 aliphatic carbocycles. The Bertz CT molecular complexity index is 1440. The predicted octanol–water partition coefficient (Wildman–Crippen LogP) is 4.62. The number of halogens is 1. The molecule has 0 bridgehead atoms. The molecule has 0 radical (unpaired) electrons. The van der Waals surface area contributed by atoms with Crippen molar-refractivity contribution in [2.24, 2.45) is 0 Å². The first kappa shape index (κ1) is 23.5. The van der Waals surface area contributed by atoms with Crippen LogP contribution in [0.5, 0.6) is 11.5 Å². The molecule has 2 aliphatic rings. The van der Waals surface area contributed by atoms with E-state index in [1.54, 1.807) is 31.2 Å². The van der Waals surface area contributed by atoms with Crippen LogP contribution in [0.4, 0.5) is 4.39 Å². The lowest BCUT2D eigenvalue weighted by Crippen LogP contribution is -2.23. The summed E-state index contributed by atoms with van der Waals surface area (Å²) in [5.74, 6) is 0.787. The van der Waals surface area contributed by atoms with Gasteiger partial charge in [0.25, 0.3) is 0 Å².